The molecule has 0 bridgehead atoms. The Morgan fingerprint density at radius 2 is 1.97 bits per heavy atom. The lowest BCUT2D eigenvalue weighted by atomic mass is 10.0. The molecule has 1 aromatic heterocycles. The van der Waals surface area contributed by atoms with Crippen LogP contribution >= 0.6 is 0 Å². The van der Waals surface area contributed by atoms with E-state index in [0.717, 1.165) is 44.6 Å². The molecule has 2 amide bonds. The molecule has 1 atom stereocenters. The van der Waals surface area contributed by atoms with Crippen LogP contribution in [0.4, 0.5) is 5.69 Å². The fourth-order valence-corrected chi connectivity index (χ4v) is 4.58. The lowest BCUT2D eigenvalue weighted by molar-refractivity contribution is -0.135. The molecule has 2 fully saturated rings. The van der Waals surface area contributed by atoms with Crippen LogP contribution < -0.4 is 21.1 Å². The van der Waals surface area contributed by atoms with Crippen molar-refractivity contribution >= 4 is 28.4 Å². The van der Waals surface area contributed by atoms with Gasteiger partial charge in [0.05, 0.1) is 22.7 Å². The highest BCUT2D eigenvalue weighted by molar-refractivity contribution is 5.99. The molecule has 2 N–H and O–H groups in total. The van der Waals surface area contributed by atoms with Gasteiger partial charge in [-0.3, -0.25) is 24.3 Å². The summed E-state index contributed by atoms with van der Waals surface area (Å²) in [4.78, 5) is 44.2. The minimum absolute atomic E-state index is 0.207. The fraction of sp³-hybridized carbons (Fsp3) is 0.565. The van der Waals surface area contributed by atoms with Crippen molar-refractivity contribution in [2.24, 2.45) is 0 Å². The standard InChI is InChI=1S/C23H31N5O4/c1-15-25-17-5-3-6-18(27(2)13-4-14-32-16-9-11-24-12-10-16)21(17)23(31)28(15)19-7-8-20(29)26-22(19)30/h3,5-6,16,19,24H,4,7-14H2,1-2H3,(H,26,29,30). The SMILES string of the molecule is Cc1nc2cccc(N(C)CCCOC3CCNCC3)c2c(=O)n1C1CCC(=O)NC1=O. The molecule has 32 heavy (non-hydrogen) atoms. The second-order valence-electron chi connectivity index (χ2n) is 8.57. The van der Waals surface area contributed by atoms with Gasteiger partial charge in [0.25, 0.3) is 5.56 Å². The number of nitrogens with zero attached hydrogens (tertiary/aromatic N) is 3. The van der Waals surface area contributed by atoms with Crippen LogP contribution in [0.15, 0.2) is 23.0 Å². The van der Waals surface area contributed by atoms with Crippen molar-refractivity contribution in [3.05, 3.63) is 34.4 Å². The van der Waals surface area contributed by atoms with Crippen molar-refractivity contribution in [2.75, 3.05) is 38.2 Å². The Hall–Kier alpha value is -2.78. The number of amides is 2. The van der Waals surface area contributed by atoms with Gasteiger partial charge in [-0.2, -0.15) is 0 Å². The van der Waals surface area contributed by atoms with Gasteiger partial charge in [0.1, 0.15) is 11.9 Å². The van der Waals surface area contributed by atoms with Gasteiger partial charge in [-0.1, -0.05) is 6.07 Å². The topological polar surface area (TPSA) is 106 Å². The van der Waals surface area contributed by atoms with Gasteiger partial charge in [0.15, 0.2) is 0 Å². The molecule has 3 heterocycles. The molecular weight excluding hydrogens is 410 g/mol. The number of imide groups is 1. The predicted octanol–water partition coefficient (Wildman–Crippen LogP) is 1.28. The minimum atomic E-state index is -0.728. The largest absolute Gasteiger partial charge is 0.378 e. The third-order valence-corrected chi connectivity index (χ3v) is 6.29. The zero-order chi connectivity index (χ0) is 22.7. The Kier molecular flexibility index (Phi) is 6.86. The van der Waals surface area contributed by atoms with E-state index in [9.17, 15) is 14.4 Å². The smallest absolute Gasteiger partial charge is 0.264 e. The summed E-state index contributed by atoms with van der Waals surface area (Å²) in [5.41, 5.74) is 1.13. The number of fused-ring (bicyclic) bond motifs is 1. The predicted molar refractivity (Wildman–Crippen MR) is 122 cm³/mol. The molecule has 0 saturated carbocycles. The Balaban J connectivity index is 1.54. The highest BCUT2D eigenvalue weighted by Gasteiger charge is 2.31. The molecule has 0 radical (unpaired) electrons. The van der Waals surface area contributed by atoms with Crippen LogP contribution in [0.25, 0.3) is 10.9 Å². The van der Waals surface area contributed by atoms with Gasteiger partial charge in [-0.15, -0.1) is 0 Å². The highest BCUT2D eigenvalue weighted by Crippen LogP contribution is 2.25. The number of rotatable bonds is 7. The minimum Gasteiger partial charge on any atom is -0.378 e. The van der Waals surface area contributed by atoms with Crippen LogP contribution in [0.5, 0.6) is 0 Å². The maximum absolute atomic E-state index is 13.5. The van der Waals surface area contributed by atoms with E-state index in [1.165, 1.54) is 4.57 Å². The number of hydrogen-bond donors (Lipinski definition) is 2. The van der Waals surface area contributed by atoms with Crippen molar-refractivity contribution < 1.29 is 14.3 Å². The summed E-state index contributed by atoms with van der Waals surface area (Å²) in [6.45, 7) is 5.14. The van der Waals surface area contributed by atoms with Gasteiger partial charge in [-0.05, 0) is 57.8 Å². The summed E-state index contributed by atoms with van der Waals surface area (Å²) in [7, 11) is 1.95. The fourth-order valence-electron chi connectivity index (χ4n) is 4.58. The van der Waals surface area contributed by atoms with Crippen LogP contribution in [0.3, 0.4) is 0 Å². The normalized spacial score (nSPS) is 19.9. The van der Waals surface area contributed by atoms with Crippen LogP contribution in [0.1, 0.15) is 44.0 Å². The van der Waals surface area contributed by atoms with E-state index in [0.29, 0.717) is 35.9 Å². The monoisotopic (exact) mass is 441 g/mol. The van der Waals surface area contributed by atoms with Gasteiger partial charge >= 0.3 is 0 Å². The number of aryl methyl sites for hydroxylation is 1. The Labute approximate surface area is 187 Å². The number of aromatic nitrogens is 2. The van der Waals surface area contributed by atoms with Crippen molar-refractivity contribution in [1.82, 2.24) is 20.2 Å². The number of piperidine rings is 2. The first-order valence-electron chi connectivity index (χ1n) is 11.3. The molecule has 2 saturated heterocycles. The van der Waals surface area contributed by atoms with Crippen molar-refractivity contribution in [2.45, 2.75) is 51.2 Å². The summed E-state index contributed by atoms with van der Waals surface area (Å²) in [6, 6.07) is 4.88. The molecule has 9 heteroatoms. The van der Waals surface area contributed by atoms with Crippen molar-refractivity contribution in [1.29, 1.82) is 0 Å². The van der Waals surface area contributed by atoms with Gasteiger partial charge in [0.2, 0.25) is 11.8 Å². The molecule has 9 nitrogen and oxygen atoms in total. The van der Waals surface area contributed by atoms with Crippen LogP contribution in [0, 0.1) is 6.92 Å². The van der Waals surface area contributed by atoms with E-state index in [1.807, 2.05) is 30.1 Å². The lowest BCUT2D eigenvalue weighted by Gasteiger charge is -2.26. The average molecular weight is 442 g/mol. The van der Waals surface area contributed by atoms with Gasteiger partial charge in [0, 0.05) is 26.6 Å². The third kappa shape index (κ3) is 4.68. The first-order chi connectivity index (χ1) is 15.5. The van der Waals surface area contributed by atoms with E-state index < -0.39 is 11.9 Å². The first kappa shape index (κ1) is 22.4. The number of hydrogen-bond acceptors (Lipinski definition) is 7. The Morgan fingerprint density at radius 1 is 1.19 bits per heavy atom. The first-order valence-corrected chi connectivity index (χ1v) is 11.3. The van der Waals surface area contributed by atoms with Crippen LogP contribution in [-0.2, 0) is 14.3 Å². The summed E-state index contributed by atoms with van der Waals surface area (Å²) < 4.78 is 7.43. The van der Waals surface area contributed by atoms with E-state index in [2.05, 4.69) is 15.6 Å². The highest BCUT2D eigenvalue weighted by atomic mass is 16.5. The van der Waals surface area contributed by atoms with E-state index >= 15 is 0 Å². The van der Waals surface area contributed by atoms with Crippen LogP contribution in [-0.4, -0.2) is 60.8 Å². The number of carbonyl (C=O) groups excluding carboxylic acids is 2. The quantitative estimate of drug-likeness (QED) is 0.492. The maximum Gasteiger partial charge on any atom is 0.264 e. The summed E-state index contributed by atoms with van der Waals surface area (Å²) in [5, 5.41) is 6.16. The zero-order valence-corrected chi connectivity index (χ0v) is 18.7. The summed E-state index contributed by atoms with van der Waals surface area (Å²) >= 11 is 0. The van der Waals surface area contributed by atoms with Crippen molar-refractivity contribution in [3.63, 3.8) is 0 Å². The van der Waals surface area contributed by atoms with Gasteiger partial charge < -0.3 is 15.0 Å². The summed E-state index contributed by atoms with van der Waals surface area (Å²) in [6.07, 6.45) is 3.77. The molecule has 2 aromatic rings. The van der Waals surface area contributed by atoms with Gasteiger partial charge in [-0.25, -0.2) is 4.98 Å². The van der Waals surface area contributed by atoms with E-state index in [1.54, 1.807) is 6.92 Å². The molecule has 1 aromatic carbocycles. The van der Waals surface area contributed by atoms with E-state index in [-0.39, 0.29) is 17.9 Å². The summed E-state index contributed by atoms with van der Waals surface area (Å²) in [5.74, 6) is -0.293. The average Bonchev–Trinajstić information content (AvgIpc) is 2.78. The number of benzene rings is 1. The molecule has 172 valence electrons. The van der Waals surface area contributed by atoms with Crippen molar-refractivity contribution in [3.8, 4) is 0 Å². The molecule has 4 rings (SSSR count). The maximum atomic E-state index is 13.5. The Morgan fingerprint density at radius 3 is 2.72 bits per heavy atom. The Bertz CT molecular complexity index is 1060. The number of carbonyl (C=O) groups is 2. The molecule has 0 aliphatic carbocycles. The zero-order valence-electron chi connectivity index (χ0n) is 18.7. The molecule has 2 aliphatic rings. The molecule has 0 spiro atoms. The lowest BCUT2D eigenvalue weighted by Crippen LogP contribution is -2.45. The number of anilines is 1. The van der Waals surface area contributed by atoms with E-state index in [4.69, 9.17) is 4.74 Å². The third-order valence-electron chi connectivity index (χ3n) is 6.29. The number of nitrogens with one attached hydrogen (secondary N) is 2. The second kappa shape index (κ2) is 9.79. The molecular formula is C23H31N5O4. The molecule has 2 aliphatic heterocycles. The number of ether oxygens (including phenoxy) is 1. The second-order valence-corrected chi connectivity index (χ2v) is 8.57. The molecule has 1 unspecified atom stereocenters. The van der Waals surface area contributed by atoms with Crippen LogP contribution in [0.2, 0.25) is 0 Å².